The molecule has 0 aliphatic carbocycles. The summed E-state index contributed by atoms with van der Waals surface area (Å²) < 4.78 is 0. The zero-order valence-electron chi connectivity index (χ0n) is 13.4. The van der Waals surface area contributed by atoms with Gasteiger partial charge in [0.15, 0.2) is 0 Å². The molecule has 2 aromatic carbocycles. The van der Waals surface area contributed by atoms with Gasteiger partial charge in [-0.2, -0.15) is 0 Å². The summed E-state index contributed by atoms with van der Waals surface area (Å²) in [6.45, 7) is 0.275. The average molecular weight is 326 g/mol. The number of carbonyl (C=O) groups is 2. The molecule has 1 atom stereocenters. The van der Waals surface area contributed by atoms with Gasteiger partial charge in [-0.25, -0.2) is 0 Å². The molecule has 3 N–H and O–H groups in total. The number of hydrogen-bond donors (Lipinski definition) is 3. The van der Waals surface area contributed by atoms with E-state index in [1.165, 1.54) is 0 Å². The van der Waals surface area contributed by atoms with Crippen molar-refractivity contribution in [3.05, 3.63) is 71.8 Å². The number of aliphatic hydroxyl groups excluding tert-OH is 1. The highest BCUT2D eigenvalue weighted by molar-refractivity contribution is 5.94. The number of benzene rings is 2. The molecule has 0 bridgehead atoms. The first-order valence-corrected chi connectivity index (χ1v) is 7.99. The third-order valence-electron chi connectivity index (χ3n) is 3.62. The summed E-state index contributed by atoms with van der Waals surface area (Å²) in [6.07, 6.45) is 0.829. The van der Waals surface area contributed by atoms with Crippen molar-refractivity contribution in [3.8, 4) is 0 Å². The number of hydrogen-bond acceptors (Lipinski definition) is 3. The molecule has 5 nitrogen and oxygen atoms in total. The standard InChI is InChI=1S/C19H22N2O3/c22-14-17(15-8-3-1-4-9-15)21-18(23)12-7-13-20-19(24)16-10-5-2-6-11-16/h1-6,8-11,17,22H,7,12-14H2,(H,20,24)(H,21,23)/t17-/m1/s1. The molecule has 0 spiro atoms. The summed E-state index contributed by atoms with van der Waals surface area (Å²) in [6, 6.07) is 17.9. The van der Waals surface area contributed by atoms with Crippen LogP contribution in [0, 0.1) is 0 Å². The van der Waals surface area contributed by atoms with Gasteiger partial charge in [-0.3, -0.25) is 9.59 Å². The quantitative estimate of drug-likeness (QED) is 0.650. The van der Waals surface area contributed by atoms with E-state index in [1.54, 1.807) is 24.3 Å². The summed E-state index contributed by atoms with van der Waals surface area (Å²) in [4.78, 5) is 23.8. The summed E-state index contributed by atoms with van der Waals surface area (Å²) in [5, 5.41) is 15.0. The Hall–Kier alpha value is -2.66. The van der Waals surface area contributed by atoms with Crippen molar-refractivity contribution >= 4 is 11.8 Å². The van der Waals surface area contributed by atoms with E-state index in [9.17, 15) is 14.7 Å². The van der Waals surface area contributed by atoms with Gasteiger partial charge in [0.25, 0.3) is 5.91 Å². The Balaban J connectivity index is 1.70. The van der Waals surface area contributed by atoms with Gasteiger partial charge in [0.2, 0.25) is 5.91 Å². The third-order valence-corrected chi connectivity index (χ3v) is 3.62. The second-order valence-corrected chi connectivity index (χ2v) is 5.44. The van der Waals surface area contributed by atoms with E-state index < -0.39 is 6.04 Å². The molecule has 0 aliphatic rings. The number of amides is 2. The fourth-order valence-corrected chi connectivity index (χ4v) is 2.33. The van der Waals surface area contributed by atoms with Gasteiger partial charge >= 0.3 is 0 Å². The number of rotatable bonds is 8. The number of carbonyl (C=O) groups excluding carboxylic acids is 2. The van der Waals surface area contributed by atoms with E-state index in [0.29, 0.717) is 24.9 Å². The first-order valence-electron chi connectivity index (χ1n) is 7.99. The van der Waals surface area contributed by atoms with Crippen LogP contribution in [0.15, 0.2) is 60.7 Å². The molecule has 0 aromatic heterocycles. The lowest BCUT2D eigenvalue weighted by Crippen LogP contribution is -2.31. The van der Waals surface area contributed by atoms with Crippen molar-refractivity contribution in [1.82, 2.24) is 10.6 Å². The fraction of sp³-hybridized carbons (Fsp3) is 0.263. The number of aliphatic hydroxyl groups is 1. The molecule has 126 valence electrons. The van der Waals surface area contributed by atoms with Crippen LogP contribution in [0.25, 0.3) is 0 Å². The zero-order chi connectivity index (χ0) is 17.2. The van der Waals surface area contributed by atoms with Crippen LogP contribution in [-0.2, 0) is 4.79 Å². The summed E-state index contributed by atoms with van der Waals surface area (Å²) >= 11 is 0. The summed E-state index contributed by atoms with van der Waals surface area (Å²) in [5.74, 6) is -0.291. The Morgan fingerprint density at radius 3 is 2.21 bits per heavy atom. The van der Waals surface area contributed by atoms with Crippen LogP contribution in [0.4, 0.5) is 0 Å². The molecule has 0 fully saturated rings. The SMILES string of the molecule is O=C(CCCNC(=O)c1ccccc1)N[C@H](CO)c1ccccc1. The lowest BCUT2D eigenvalue weighted by molar-refractivity contribution is -0.122. The predicted octanol–water partition coefficient (Wildman–Crippen LogP) is 2.05. The van der Waals surface area contributed by atoms with Gasteiger partial charge < -0.3 is 15.7 Å². The maximum Gasteiger partial charge on any atom is 0.251 e. The third kappa shape index (κ3) is 5.52. The monoisotopic (exact) mass is 326 g/mol. The minimum atomic E-state index is -0.405. The van der Waals surface area contributed by atoms with Crippen molar-refractivity contribution < 1.29 is 14.7 Å². The predicted molar refractivity (Wildman–Crippen MR) is 92.4 cm³/mol. The van der Waals surface area contributed by atoms with E-state index in [1.807, 2.05) is 36.4 Å². The topological polar surface area (TPSA) is 78.4 Å². The second kappa shape index (κ2) is 9.47. The van der Waals surface area contributed by atoms with Crippen LogP contribution in [0.2, 0.25) is 0 Å². The molecule has 0 unspecified atom stereocenters. The summed E-state index contributed by atoms with van der Waals surface area (Å²) in [5.41, 5.74) is 1.47. The van der Waals surface area contributed by atoms with Crippen LogP contribution in [0.1, 0.15) is 34.8 Å². The molecule has 2 rings (SSSR count). The minimum absolute atomic E-state index is 0.145. The Morgan fingerprint density at radius 1 is 0.958 bits per heavy atom. The molecule has 0 saturated carbocycles. The molecule has 0 heterocycles. The second-order valence-electron chi connectivity index (χ2n) is 5.44. The molecule has 5 heteroatoms. The molecule has 0 saturated heterocycles. The molecule has 0 aliphatic heterocycles. The Morgan fingerprint density at radius 2 is 1.58 bits per heavy atom. The van der Waals surface area contributed by atoms with Crippen LogP contribution >= 0.6 is 0 Å². The van der Waals surface area contributed by atoms with Crippen molar-refractivity contribution in [2.24, 2.45) is 0 Å². The maximum atomic E-state index is 12.0. The number of nitrogens with one attached hydrogen (secondary N) is 2. The first kappa shape index (κ1) is 17.7. The van der Waals surface area contributed by atoms with Crippen molar-refractivity contribution in [3.63, 3.8) is 0 Å². The zero-order valence-corrected chi connectivity index (χ0v) is 13.4. The van der Waals surface area contributed by atoms with Crippen LogP contribution < -0.4 is 10.6 Å². The molecule has 24 heavy (non-hydrogen) atoms. The minimum Gasteiger partial charge on any atom is -0.394 e. The highest BCUT2D eigenvalue weighted by atomic mass is 16.3. The van der Waals surface area contributed by atoms with E-state index in [4.69, 9.17) is 0 Å². The van der Waals surface area contributed by atoms with Gasteiger partial charge in [0.1, 0.15) is 0 Å². The fourth-order valence-electron chi connectivity index (χ4n) is 2.33. The van der Waals surface area contributed by atoms with Gasteiger partial charge in [-0.15, -0.1) is 0 Å². The van der Waals surface area contributed by atoms with Crippen LogP contribution in [-0.4, -0.2) is 30.1 Å². The van der Waals surface area contributed by atoms with Gasteiger partial charge in [-0.1, -0.05) is 48.5 Å². The normalized spacial score (nSPS) is 11.5. The molecule has 0 radical (unpaired) electrons. The smallest absolute Gasteiger partial charge is 0.251 e. The molecular weight excluding hydrogens is 304 g/mol. The molecular formula is C19H22N2O3. The first-order chi connectivity index (χ1) is 11.7. The van der Waals surface area contributed by atoms with Gasteiger partial charge in [0.05, 0.1) is 12.6 Å². The van der Waals surface area contributed by atoms with Crippen LogP contribution in [0.3, 0.4) is 0 Å². The lowest BCUT2D eigenvalue weighted by atomic mass is 10.1. The Kier molecular flexibility index (Phi) is 6.98. The van der Waals surface area contributed by atoms with Crippen molar-refractivity contribution in [1.29, 1.82) is 0 Å². The van der Waals surface area contributed by atoms with Gasteiger partial charge in [0, 0.05) is 18.5 Å². The van der Waals surface area contributed by atoms with E-state index in [2.05, 4.69) is 10.6 Å². The largest absolute Gasteiger partial charge is 0.394 e. The lowest BCUT2D eigenvalue weighted by Gasteiger charge is -2.16. The maximum absolute atomic E-state index is 12.0. The van der Waals surface area contributed by atoms with E-state index in [0.717, 1.165) is 5.56 Å². The molecule has 2 aromatic rings. The van der Waals surface area contributed by atoms with Crippen LogP contribution in [0.5, 0.6) is 0 Å². The van der Waals surface area contributed by atoms with E-state index >= 15 is 0 Å². The van der Waals surface area contributed by atoms with Crippen molar-refractivity contribution in [2.75, 3.05) is 13.2 Å². The van der Waals surface area contributed by atoms with E-state index in [-0.39, 0.29) is 18.4 Å². The Labute approximate surface area is 141 Å². The Bertz CT molecular complexity index is 644. The highest BCUT2D eigenvalue weighted by Gasteiger charge is 2.13. The summed E-state index contributed by atoms with van der Waals surface area (Å²) in [7, 11) is 0. The van der Waals surface area contributed by atoms with Gasteiger partial charge in [-0.05, 0) is 24.1 Å². The van der Waals surface area contributed by atoms with Crippen molar-refractivity contribution in [2.45, 2.75) is 18.9 Å². The highest BCUT2D eigenvalue weighted by Crippen LogP contribution is 2.11. The average Bonchev–Trinajstić information content (AvgIpc) is 2.64. The molecule has 2 amide bonds.